The van der Waals surface area contributed by atoms with Gasteiger partial charge in [-0.2, -0.15) is 0 Å². The van der Waals surface area contributed by atoms with Gasteiger partial charge in [-0.15, -0.1) is 0 Å². The second-order valence-corrected chi connectivity index (χ2v) is 7.58. The van der Waals surface area contributed by atoms with Crippen molar-refractivity contribution in [2.45, 2.75) is 32.7 Å². The summed E-state index contributed by atoms with van der Waals surface area (Å²) in [5.74, 6) is -1.50. The molecule has 0 aliphatic carbocycles. The maximum atomic E-state index is 12.9. The topological polar surface area (TPSA) is 88.6 Å². The van der Waals surface area contributed by atoms with Gasteiger partial charge < -0.3 is 15.0 Å². The minimum absolute atomic E-state index is 0.0603. The highest BCUT2D eigenvalue weighted by Gasteiger charge is 2.37. The fourth-order valence-electron chi connectivity index (χ4n) is 3.56. The van der Waals surface area contributed by atoms with Gasteiger partial charge in [-0.05, 0) is 49.2 Å². The van der Waals surface area contributed by atoms with Crippen molar-refractivity contribution in [3.05, 3.63) is 76.2 Å². The van der Waals surface area contributed by atoms with Crippen molar-refractivity contribution in [3.8, 4) is 0 Å². The highest BCUT2D eigenvalue weighted by atomic mass is 35.5. The van der Waals surface area contributed by atoms with Crippen LogP contribution in [-0.4, -0.2) is 40.8 Å². The van der Waals surface area contributed by atoms with Crippen LogP contribution in [0, 0.1) is 0 Å². The molecular formula is C23H24ClN3O4. The van der Waals surface area contributed by atoms with Gasteiger partial charge in [0.15, 0.2) is 0 Å². The number of carbonyl (C=O) groups is 3. The first-order valence-corrected chi connectivity index (χ1v) is 10.4. The van der Waals surface area contributed by atoms with Crippen molar-refractivity contribution in [1.29, 1.82) is 0 Å². The summed E-state index contributed by atoms with van der Waals surface area (Å²) in [5.41, 5.74) is 2.50. The lowest BCUT2D eigenvalue weighted by Crippen LogP contribution is -2.44. The van der Waals surface area contributed by atoms with E-state index in [4.69, 9.17) is 16.3 Å². The Labute approximate surface area is 186 Å². The van der Waals surface area contributed by atoms with E-state index >= 15 is 0 Å². The average molecular weight is 442 g/mol. The molecule has 0 bridgehead atoms. The highest BCUT2D eigenvalue weighted by molar-refractivity contribution is 6.30. The number of hydrogen-bond acceptors (Lipinski definition) is 5. The van der Waals surface area contributed by atoms with Gasteiger partial charge in [0.25, 0.3) is 0 Å². The highest BCUT2D eigenvalue weighted by Crippen LogP contribution is 2.37. The molecule has 1 aromatic carbocycles. The third kappa shape index (κ3) is 5.49. The maximum Gasteiger partial charge on any atom is 0.336 e. The van der Waals surface area contributed by atoms with Gasteiger partial charge in [-0.1, -0.05) is 23.7 Å². The van der Waals surface area contributed by atoms with Crippen LogP contribution in [0.15, 0.2) is 60.1 Å². The molecule has 7 nitrogen and oxygen atoms in total. The summed E-state index contributed by atoms with van der Waals surface area (Å²) in [4.78, 5) is 43.5. The fourth-order valence-corrected chi connectivity index (χ4v) is 3.68. The van der Waals surface area contributed by atoms with Crippen LogP contribution < -0.4 is 5.32 Å². The molecule has 1 aliphatic heterocycles. The molecule has 162 valence electrons. The van der Waals surface area contributed by atoms with Gasteiger partial charge >= 0.3 is 5.97 Å². The number of nitrogens with zero attached hydrogens (tertiary/aromatic N) is 2. The number of rotatable bonds is 7. The van der Waals surface area contributed by atoms with E-state index in [2.05, 4.69) is 10.3 Å². The molecule has 3 rings (SSSR count). The summed E-state index contributed by atoms with van der Waals surface area (Å²) >= 11 is 5.98. The Morgan fingerprint density at radius 3 is 2.52 bits per heavy atom. The van der Waals surface area contributed by atoms with Gasteiger partial charge in [0, 0.05) is 42.0 Å². The second-order valence-electron chi connectivity index (χ2n) is 7.14. The first-order chi connectivity index (χ1) is 14.9. The number of pyridine rings is 1. The molecule has 0 saturated carbocycles. The lowest BCUT2D eigenvalue weighted by molar-refractivity contribution is -0.141. The van der Waals surface area contributed by atoms with Crippen molar-refractivity contribution in [2.24, 2.45) is 0 Å². The van der Waals surface area contributed by atoms with E-state index in [0.717, 1.165) is 11.1 Å². The smallest absolute Gasteiger partial charge is 0.336 e. The summed E-state index contributed by atoms with van der Waals surface area (Å²) in [6.07, 6.45) is 3.35. The minimum Gasteiger partial charge on any atom is -0.463 e. The number of ether oxygens (including phenoxy) is 1. The van der Waals surface area contributed by atoms with Gasteiger partial charge in [-0.25, -0.2) is 4.79 Å². The number of amides is 2. The van der Waals surface area contributed by atoms with Crippen LogP contribution in [0.5, 0.6) is 0 Å². The SMILES string of the molecule is CCOC(=O)C1=C(C)N(CC(=O)NCc2ccncc2)C(=O)CC1c1ccc(Cl)cc1. The molecule has 0 radical (unpaired) electrons. The van der Waals surface area contributed by atoms with Crippen molar-refractivity contribution >= 4 is 29.4 Å². The monoisotopic (exact) mass is 441 g/mol. The van der Waals surface area contributed by atoms with Crippen LogP contribution in [0.1, 0.15) is 37.3 Å². The summed E-state index contributed by atoms with van der Waals surface area (Å²) < 4.78 is 5.25. The van der Waals surface area contributed by atoms with E-state index in [1.807, 2.05) is 0 Å². The Kier molecular flexibility index (Phi) is 7.41. The molecule has 1 aliphatic rings. The number of carbonyl (C=O) groups excluding carboxylic acids is 3. The number of allylic oxidation sites excluding steroid dienone is 1. The Morgan fingerprint density at radius 1 is 1.19 bits per heavy atom. The van der Waals surface area contributed by atoms with Gasteiger partial charge in [-0.3, -0.25) is 14.6 Å². The third-order valence-corrected chi connectivity index (χ3v) is 5.38. The van der Waals surface area contributed by atoms with Crippen LogP contribution in [0.4, 0.5) is 0 Å². The minimum atomic E-state index is -0.491. The number of benzene rings is 1. The Bertz CT molecular complexity index is 990. The zero-order valence-electron chi connectivity index (χ0n) is 17.4. The standard InChI is InChI=1S/C23H24ClN3O4/c1-3-31-23(30)22-15(2)27(14-20(28)26-13-16-8-10-25-11-9-16)21(29)12-19(22)17-4-6-18(24)7-5-17/h4-11,19H,3,12-14H2,1-2H3,(H,26,28). The van der Waals surface area contributed by atoms with E-state index in [1.165, 1.54) is 4.90 Å². The van der Waals surface area contributed by atoms with Gasteiger partial charge in [0.05, 0.1) is 12.2 Å². The number of hydrogen-bond donors (Lipinski definition) is 1. The molecule has 1 N–H and O–H groups in total. The fraction of sp³-hybridized carbons (Fsp3) is 0.304. The van der Waals surface area contributed by atoms with Crippen LogP contribution in [0.2, 0.25) is 5.02 Å². The van der Waals surface area contributed by atoms with Crippen LogP contribution in [0.25, 0.3) is 0 Å². The molecule has 1 atom stereocenters. The third-order valence-electron chi connectivity index (χ3n) is 5.13. The van der Waals surface area contributed by atoms with E-state index in [0.29, 0.717) is 22.8 Å². The summed E-state index contributed by atoms with van der Waals surface area (Å²) in [6.45, 7) is 3.76. The molecular weight excluding hydrogens is 418 g/mol. The van der Waals surface area contributed by atoms with E-state index in [9.17, 15) is 14.4 Å². The number of nitrogens with one attached hydrogen (secondary N) is 1. The first kappa shape index (κ1) is 22.5. The quantitative estimate of drug-likeness (QED) is 0.666. The van der Waals surface area contributed by atoms with Crippen molar-refractivity contribution in [2.75, 3.05) is 13.2 Å². The van der Waals surface area contributed by atoms with E-state index in [-0.39, 0.29) is 31.4 Å². The predicted octanol–water partition coefficient (Wildman–Crippen LogP) is 3.20. The van der Waals surface area contributed by atoms with Crippen LogP contribution >= 0.6 is 11.6 Å². The summed E-state index contributed by atoms with van der Waals surface area (Å²) in [5, 5.41) is 3.36. The van der Waals surface area contributed by atoms with Gasteiger partial charge in [0.1, 0.15) is 6.54 Å². The molecule has 2 amide bonds. The van der Waals surface area contributed by atoms with E-state index in [1.54, 1.807) is 62.6 Å². The molecule has 1 aromatic heterocycles. The number of halogens is 1. The molecule has 1 unspecified atom stereocenters. The Balaban J connectivity index is 1.83. The lowest BCUT2D eigenvalue weighted by Gasteiger charge is -2.34. The largest absolute Gasteiger partial charge is 0.463 e. The normalized spacial score (nSPS) is 16.3. The zero-order chi connectivity index (χ0) is 22.4. The van der Waals surface area contributed by atoms with Crippen LogP contribution in [0.3, 0.4) is 0 Å². The molecule has 0 saturated heterocycles. The Hall–Kier alpha value is -3.19. The average Bonchev–Trinajstić information content (AvgIpc) is 2.76. The summed E-state index contributed by atoms with van der Waals surface area (Å²) in [6, 6.07) is 10.6. The molecule has 0 fully saturated rings. The molecule has 2 heterocycles. The maximum absolute atomic E-state index is 12.9. The second kappa shape index (κ2) is 10.2. The molecule has 2 aromatic rings. The van der Waals surface area contributed by atoms with Crippen molar-refractivity contribution in [1.82, 2.24) is 15.2 Å². The van der Waals surface area contributed by atoms with Gasteiger partial charge in [0.2, 0.25) is 11.8 Å². The number of aromatic nitrogens is 1. The lowest BCUT2D eigenvalue weighted by atomic mass is 9.83. The van der Waals surface area contributed by atoms with Crippen molar-refractivity contribution < 1.29 is 19.1 Å². The summed E-state index contributed by atoms with van der Waals surface area (Å²) in [7, 11) is 0. The van der Waals surface area contributed by atoms with Crippen LogP contribution in [-0.2, 0) is 25.7 Å². The molecule has 8 heteroatoms. The molecule has 31 heavy (non-hydrogen) atoms. The number of esters is 1. The predicted molar refractivity (Wildman–Crippen MR) is 116 cm³/mol. The zero-order valence-corrected chi connectivity index (χ0v) is 18.2. The first-order valence-electron chi connectivity index (χ1n) is 10.00. The van der Waals surface area contributed by atoms with E-state index < -0.39 is 11.9 Å². The molecule has 0 spiro atoms. The van der Waals surface area contributed by atoms with Crippen molar-refractivity contribution in [3.63, 3.8) is 0 Å². The Morgan fingerprint density at radius 2 is 1.87 bits per heavy atom.